The van der Waals surface area contributed by atoms with Gasteiger partial charge in [0.05, 0.1) is 4.90 Å². The van der Waals surface area contributed by atoms with Gasteiger partial charge in [-0.2, -0.15) is 4.31 Å². The van der Waals surface area contributed by atoms with Crippen molar-refractivity contribution in [3.63, 3.8) is 0 Å². The Bertz CT molecular complexity index is 565. The van der Waals surface area contributed by atoms with Crippen LogP contribution in [0.15, 0.2) is 23.1 Å². The van der Waals surface area contributed by atoms with Gasteiger partial charge in [-0.15, -0.1) is 0 Å². The van der Waals surface area contributed by atoms with Crippen LogP contribution >= 0.6 is 0 Å². The summed E-state index contributed by atoms with van der Waals surface area (Å²) in [4.78, 5) is 0.412. The van der Waals surface area contributed by atoms with Gasteiger partial charge in [-0.25, -0.2) is 8.42 Å². The lowest BCUT2D eigenvalue weighted by Crippen LogP contribution is -2.34. The van der Waals surface area contributed by atoms with E-state index < -0.39 is 10.0 Å². The topological polar surface area (TPSA) is 63.4 Å². The predicted molar refractivity (Wildman–Crippen MR) is 80.8 cm³/mol. The highest BCUT2D eigenvalue weighted by Gasteiger charge is 2.32. The maximum absolute atomic E-state index is 12.9. The molecular formula is C15H24N2O2S. The molecule has 0 aliphatic heterocycles. The Hall–Kier alpha value is -0.910. The molecule has 1 aliphatic rings. The molecule has 0 unspecified atom stereocenters. The standard InChI is InChI=1S/C15H24N2O2S/c1-3-9-17(11-13-7-8-13)20(18,19)15-6-4-5-14(10-16)12(15)2/h4-6,13H,3,7-11,16H2,1-2H3. The molecule has 0 amide bonds. The van der Waals surface area contributed by atoms with Crippen LogP contribution in [0.3, 0.4) is 0 Å². The summed E-state index contributed by atoms with van der Waals surface area (Å²) < 4.78 is 27.4. The summed E-state index contributed by atoms with van der Waals surface area (Å²) in [5.74, 6) is 0.550. The molecule has 0 heterocycles. The molecule has 2 N–H and O–H groups in total. The molecule has 0 aromatic heterocycles. The van der Waals surface area contributed by atoms with Crippen molar-refractivity contribution < 1.29 is 8.42 Å². The van der Waals surface area contributed by atoms with Crippen molar-refractivity contribution >= 4 is 10.0 Å². The molecule has 0 atom stereocenters. The van der Waals surface area contributed by atoms with Crippen molar-refractivity contribution in [1.82, 2.24) is 4.31 Å². The van der Waals surface area contributed by atoms with Crippen LogP contribution in [0.25, 0.3) is 0 Å². The zero-order chi connectivity index (χ0) is 14.8. The summed E-state index contributed by atoms with van der Waals surface area (Å²) in [6.07, 6.45) is 3.14. The average Bonchev–Trinajstić information content (AvgIpc) is 3.22. The van der Waals surface area contributed by atoms with Crippen LogP contribution in [0.2, 0.25) is 0 Å². The lowest BCUT2D eigenvalue weighted by molar-refractivity contribution is 0.395. The van der Waals surface area contributed by atoms with Gasteiger partial charge in [0, 0.05) is 19.6 Å². The maximum Gasteiger partial charge on any atom is 0.243 e. The first kappa shape index (κ1) is 15.5. The lowest BCUT2D eigenvalue weighted by atomic mass is 10.1. The Morgan fingerprint density at radius 1 is 1.35 bits per heavy atom. The van der Waals surface area contributed by atoms with E-state index in [1.165, 1.54) is 0 Å². The van der Waals surface area contributed by atoms with Gasteiger partial charge in [-0.3, -0.25) is 0 Å². The smallest absolute Gasteiger partial charge is 0.243 e. The number of hydrogen-bond donors (Lipinski definition) is 1. The van der Waals surface area contributed by atoms with Crippen molar-refractivity contribution in [2.24, 2.45) is 11.7 Å². The van der Waals surface area contributed by atoms with Crippen molar-refractivity contribution in [1.29, 1.82) is 0 Å². The predicted octanol–water partition coefficient (Wildman–Crippen LogP) is 2.26. The second-order valence-electron chi connectivity index (χ2n) is 5.55. The monoisotopic (exact) mass is 296 g/mol. The van der Waals surface area contributed by atoms with Crippen LogP contribution in [0, 0.1) is 12.8 Å². The highest BCUT2D eigenvalue weighted by Crippen LogP contribution is 2.32. The van der Waals surface area contributed by atoms with E-state index in [1.54, 1.807) is 16.4 Å². The van der Waals surface area contributed by atoms with Gasteiger partial charge in [0.25, 0.3) is 0 Å². The van der Waals surface area contributed by atoms with Crippen molar-refractivity contribution in [3.05, 3.63) is 29.3 Å². The van der Waals surface area contributed by atoms with E-state index in [0.717, 1.165) is 30.4 Å². The van der Waals surface area contributed by atoms with E-state index in [2.05, 4.69) is 0 Å². The third-order valence-electron chi connectivity index (χ3n) is 3.87. The minimum absolute atomic E-state index is 0.367. The fourth-order valence-electron chi connectivity index (χ4n) is 2.45. The van der Waals surface area contributed by atoms with Crippen molar-refractivity contribution in [2.75, 3.05) is 13.1 Å². The van der Waals surface area contributed by atoms with Crippen molar-refractivity contribution in [3.8, 4) is 0 Å². The van der Waals surface area contributed by atoms with E-state index in [1.807, 2.05) is 19.9 Å². The highest BCUT2D eigenvalue weighted by molar-refractivity contribution is 7.89. The molecule has 0 radical (unpaired) electrons. The highest BCUT2D eigenvalue weighted by atomic mass is 32.2. The summed E-state index contributed by atoms with van der Waals surface area (Å²) in [6.45, 7) is 5.47. The third kappa shape index (κ3) is 3.22. The third-order valence-corrected chi connectivity index (χ3v) is 5.88. The van der Waals surface area contributed by atoms with Gasteiger partial charge in [0.1, 0.15) is 0 Å². The molecular weight excluding hydrogens is 272 g/mol. The molecule has 2 rings (SSSR count). The van der Waals surface area contributed by atoms with Crippen LogP contribution in [0.4, 0.5) is 0 Å². The molecule has 20 heavy (non-hydrogen) atoms. The summed E-state index contributed by atoms with van der Waals surface area (Å²) in [7, 11) is -3.40. The van der Waals surface area contributed by atoms with E-state index in [9.17, 15) is 8.42 Å². The molecule has 0 saturated heterocycles. The molecule has 4 nitrogen and oxygen atoms in total. The second-order valence-corrected chi connectivity index (χ2v) is 7.46. The largest absolute Gasteiger partial charge is 0.326 e. The first-order chi connectivity index (χ1) is 9.50. The molecule has 1 fully saturated rings. The van der Waals surface area contributed by atoms with Gasteiger partial charge >= 0.3 is 0 Å². The number of nitrogens with zero attached hydrogens (tertiary/aromatic N) is 1. The number of hydrogen-bond acceptors (Lipinski definition) is 3. The van der Waals surface area contributed by atoms with Crippen LogP contribution in [-0.2, 0) is 16.6 Å². The van der Waals surface area contributed by atoms with E-state index in [-0.39, 0.29) is 0 Å². The minimum atomic E-state index is -3.40. The first-order valence-corrected chi connectivity index (χ1v) is 8.73. The van der Waals surface area contributed by atoms with Crippen LogP contribution < -0.4 is 5.73 Å². The summed E-state index contributed by atoms with van der Waals surface area (Å²) in [5, 5.41) is 0. The quantitative estimate of drug-likeness (QED) is 0.839. The SMILES string of the molecule is CCCN(CC1CC1)S(=O)(=O)c1cccc(CN)c1C. The zero-order valence-electron chi connectivity index (χ0n) is 12.3. The summed E-state index contributed by atoms with van der Waals surface area (Å²) in [5.41, 5.74) is 7.36. The molecule has 1 aliphatic carbocycles. The molecule has 1 saturated carbocycles. The van der Waals surface area contributed by atoms with Crippen LogP contribution in [-0.4, -0.2) is 25.8 Å². The zero-order valence-corrected chi connectivity index (χ0v) is 13.1. The number of sulfonamides is 1. The normalized spacial score (nSPS) is 15.8. The maximum atomic E-state index is 12.9. The molecule has 1 aromatic carbocycles. The Kier molecular flexibility index (Phi) is 4.83. The Balaban J connectivity index is 2.35. The van der Waals surface area contributed by atoms with Gasteiger partial charge in [-0.1, -0.05) is 19.1 Å². The average molecular weight is 296 g/mol. The van der Waals surface area contributed by atoms with Gasteiger partial charge in [0.15, 0.2) is 0 Å². The van der Waals surface area contributed by atoms with Gasteiger partial charge in [0.2, 0.25) is 10.0 Å². The summed E-state index contributed by atoms with van der Waals surface area (Å²) >= 11 is 0. The van der Waals surface area contributed by atoms with E-state index in [0.29, 0.717) is 30.4 Å². The van der Waals surface area contributed by atoms with Gasteiger partial charge < -0.3 is 5.73 Å². The minimum Gasteiger partial charge on any atom is -0.326 e. The number of rotatable bonds is 7. The number of benzene rings is 1. The molecule has 5 heteroatoms. The first-order valence-electron chi connectivity index (χ1n) is 7.29. The van der Waals surface area contributed by atoms with Gasteiger partial charge in [-0.05, 0) is 49.3 Å². The Morgan fingerprint density at radius 3 is 2.60 bits per heavy atom. The van der Waals surface area contributed by atoms with E-state index in [4.69, 9.17) is 5.73 Å². The Morgan fingerprint density at radius 2 is 2.05 bits per heavy atom. The van der Waals surface area contributed by atoms with Crippen LogP contribution in [0.1, 0.15) is 37.3 Å². The van der Waals surface area contributed by atoms with Crippen molar-refractivity contribution in [2.45, 2.75) is 44.6 Å². The number of nitrogens with two attached hydrogens (primary N) is 1. The molecule has 1 aromatic rings. The molecule has 0 spiro atoms. The Labute approximate surface area is 122 Å². The fourth-order valence-corrected chi connectivity index (χ4v) is 4.32. The molecule has 112 valence electrons. The van der Waals surface area contributed by atoms with E-state index >= 15 is 0 Å². The summed E-state index contributed by atoms with van der Waals surface area (Å²) in [6, 6.07) is 5.36. The molecule has 0 bridgehead atoms. The second kappa shape index (κ2) is 6.24. The lowest BCUT2D eigenvalue weighted by Gasteiger charge is -2.23. The van der Waals surface area contributed by atoms with Crippen LogP contribution in [0.5, 0.6) is 0 Å². The fraction of sp³-hybridized carbons (Fsp3) is 0.600.